The molecule has 0 spiro atoms. The zero-order chi connectivity index (χ0) is 15.5. The Labute approximate surface area is 126 Å². The van der Waals surface area contributed by atoms with Crippen LogP contribution in [0.15, 0.2) is 36.5 Å². The fourth-order valence-electron chi connectivity index (χ4n) is 2.48. The van der Waals surface area contributed by atoms with E-state index in [9.17, 15) is 14.7 Å². The third-order valence-electron chi connectivity index (χ3n) is 3.67. The second kappa shape index (κ2) is 6.07. The summed E-state index contributed by atoms with van der Waals surface area (Å²) in [5.74, 6) is -0.627. The van der Waals surface area contributed by atoms with E-state index in [1.165, 1.54) is 4.68 Å². The van der Waals surface area contributed by atoms with Crippen LogP contribution in [-0.4, -0.2) is 31.9 Å². The van der Waals surface area contributed by atoms with Gasteiger partial charge in [0.05, 0.1) is 11.8 Å². The van der Waals surface area contributed by atoms with Crippen LogP contribution in [0.1, 0.15) is 36.2 Å². The number of rotatable bonds is 4. The summed E-state index contributed by atoms with van der Waals surface area (Å²) in [6, 6.07) is 8.77. The Morgan fingerprint density at radius 3 is 2.82 bits per heavy atom. The lowest BCUT2D eigenvalue weighted by molar-refractivity contribution is -0.136. The van der Waals surface area contributed by atoms with Gasteiger partial charge >= 0.3 is 0 Å². The molecule has 1 aromatic heterocycles. The quantitative estimate of drug-likeness (QED) is 0.803. The molecule has 0 aliphatic carbocycles. The fraction of sp³-hybridized carbons (Fsp3) is 0.333. The molecule has 0 saturated carbocycles. The Hall–Kier alpha value is -2.54. The maximum absolute atomic E-state index is 11.8. The number of hydrogen-bond donors (Lipinski definition) is 2. The summed E-state index contributed by atoms with van der Waals surface area (Å²) in [5, 5.41) is 20.4. The number of carbonyl (C=O) groups is 2. The molecule has 2 aromatic rings. The van der Waals surface area contributed by atoms with Crippen LogP contribution < -0.4 is 5.32 Å². The molecule has 2 N–H and O–H groups in total. The molecule has 3 rings (SSSR count). The molecule has 1 aliphatic heterocycles. The van der Waals surface area contributed by atoms with Crippen molar-refractivity contribution in [3.63, 3.8) is 0 Å². The molecule has 114 valence electrons. The molecule has 2 atom stereocenters. The van der Waals surface area contributed by atoms with Crippen LogP contribution in [0.3, 0.4) is 0 Å². The first-order chi connectivity index (χ1) is 10.6. The molecule has 1 saturated heterocycles. The van der Waals surface area contributed by atoms with Crippen LogP contribution in [0, 0.1) is 0 Å². The maximum Gasteiger partial charge on any atom is 0.251 e. The van der Waals surface area contributed by atoms with Gasteiger partial charge in [0.1, 0.15) is 6.04 Å². The van der Waals surface area contributed by atoms with E-state index in [2.05, 4.69) is 15.6 Å². The number of nitrogens with one attached hydrogen (secondary N) is 1. The smallest absolute Gasteiger partial charge is 0.251 e. The molecule has 2 heterocycles. The highest BCUT2D eigenvalue weighted by molar-refractivity contribution is 5.99. The number of amides is 2. The van der Waals surface area contributed by atoms with Gasteiger partial charge in [0, 0.05) is 19.0 Å². The number of nitrogens with zero attached hydrogens (tertiary/aromatic N) is 3. The highest BCUT2D eigenvalue weighted by Crippen LogP contribution is 2.20. The van der Waals surface area contributed by atoms with Gasteiger partial charge in [-0.3, -0.25) is 14.9 Å². The Kier molecular flexibility index (Phi) is 3.97. The highest BCUT2D eigenvalue weighted by Gasteiger charge is 2.29. The summed E-state index contributed by atoms with van der Waals surface area (Å²) >= 11 is 0. The van der Waals surface area contributed by atoms with E-state index < -0.39 is 12.1 Å². The molecule has 0 radical (unpaired) electrons. The van der Waals surface area contributed by atoms with Crippen LogP contribution in [0.2, 0.25) is 0 Å². The average Bonchev–Trinajstić information content (AvgIpc) is 2.96. The summed E-state index contributed by atoms with van der Waals surface area (Å²) in [5.41, 5.74) is 1.40. The number of aromatic nitrogens is 3. The largest absolute Gasteiger partial charge is 0.388 e. The van der Waals surface area contributed by atoms with Crippen molar-refractivity contribution < 1.29 is 14.7 Å². The summed E-state index contributed by atoms with van der Waals surface area (Å²) < 4.78 is 1.45. The minimum Gasteiger partial charge on any atom is -0.388 e. The molecule has 22 heavy (non-hydrogen) atoms. The molecule has 1 aromatic carbocycles. The SMILES string of the molecule is O=C1CCC(n2cc(CC(O)c3ccccc3)nn2)C(=O)N1. The molecule has 2 amide bonds. The standard InChI is InChI=1S/C15H16N4O3/c20-13(10-4-2-1-3-5-10)8-11-9-19(18-17-11)12-6-7-14(21)16-15(12)22/h1-5,9,12-13,20H,6-8H2,(H,16,21,22). The van der Waals surface area contributed by atoms with Gasteiger partial charge in [0.15, 0.2) is 0 Å². The zero-order valence-electron chi connectivity index (χ0n) is 11.8. The van der Waals surface area contributed by atoms with Gasteiger partial charge in [-0.25, -0.2) is 4.68 Å². The van der Waals surface area contributed by atoms with Crippen molar-refractivity contribution in [2.45, 2.75) is 31.4 Å². The minimum absolute atomic E-state index is 0.263. The van der Waals surface area contributed by atoms with E-state index in [-0.39, 0.29) is 18.2 Å². The van der Waals surface area contributed by atoms with Crippen molar-refractivity contribution in [2.24, 2.45) is 0 Å². The van der Waals surface area contributed by atoms with Gasteiger partial charge in [-0.1, -0.05) is 35.5 Å². The summed E-state index contributed by atoms with van der Waals surface area (Å²) in [6.45, 7) is 0. The van der Waals surface area contributed by atoms with Gasteiger partial charge in [-0.05, 0) is 12.0 Å². The second-order valence-electron chi connectivity index (χ2n) is 5.29. The monoisotopic (exact) mass is 300 g/mol. The Balaban J connectivity index is 1.69. The summed E-state index contributed by atoms with van der Waals surface area (Å²) in [6.07, 6.45) is 1.99. The van der Waals surface area contributed by atoms with Crippen molar-refractivity contribution in [1.29, 1.82) is 0 Å². The Morgan fingerprint density at radius 2 is 2.09 bits per heavy atom. The van der Waals surface area contributed by atoms with Crippen molar-refractivity contribution in [1.82, 2.24) is 20.3 Å². The first-order valence-electron chi connectivity index (χ1n) is 7.11. The lowest BCUT2D eigenvalue weighted by Gasteiger charge is -2.20. The van der Waals surface area contributed by atoms with E-state index in [1.807, 2.05) is 30.3 Å². The number of hydrogen-bond acceptors (Lipinski definition) is 5. The fourth-order valence-corrected chi connectivity index (χ4v) is 2.48. The van der Waals surface area contributed by atoms with E-state index in [1.54, 1.807) is 6.20 Å². The van der Waals surface area contributed by atoms with E-state index in [0.717, 1.165) is 5.56 Å². The van der Waals surface area contributed by atoms with Crippen LogP contribution in [0.4, 0.5) is 0 Å². The topological polar surface area (TPSA) is 97.1 Å². The minimum atomic E-state index is -0.673. The predicted molar refractivity (Wildman–Crippen MR) is 76.5 cm³/mol. The molecular weight excluding hydrogens is 284 g/mol. The van der Waals surface area contributed by atoms with Gasteiger partial charge in [0.2, 0.25) is 5.91 Å². The number of imide groups is 1. The number of benzene rings is 1. The van der Waals surface area contributed by atoms with Crippen LogP contribution in [0.25, 0.3) is 0 Å². The van der Waals surface area contributed by atoms with E-state index >= 15 is 0 Å². The van der Waals surface area contributed by atoms with Crippen molar-refractivity contribution in [2.75, 3.05) is 0 Å². The predicted octanol–water partition coefficient (Wildman–Crippen LogP) is 0.532. The van der Waals surface area contributed by atoms with Crippen LogP contribution in [0.5, 0.6) is 0 Å². The molecule has 2 unspecified atom stereocenters. The number of aliphatic hydroxyl groups is 1. The number of aliphatic hydroxyl groups excluding tert-OH is 1. The average molecular weight is 300 g/mol. The molecule has 7 heteroatoms. The summed E-state index contributed by atoms with van der Waals surface area (Å²) in [7, 11) is 0. The van der Waals surface area contributed by atoms with E-state index in [0.29, 0.717) is 18.5 Å². The first-order valence-corrected chi connectivity index (χ1v) is 7.11. The Bertz CT molecular complexity index is 683. The lowest BCUT2D eigenvalue weighted by atomic mass is 10.1. The molecule has 0 bridgehead atoms. The highest BCUT2D eigenvalue weighted by atomic mass is 16.3. The van der Waals surface area contributed by atoms with Crippen molar-refractivity contribution >= 4 is 11.8 Å². The van der Waals surface area contributed by atoms with Gasteiger partial charge in [-0.15, -0.1) is 5.10 Å². The molecule has 7 nitrogen and oxygen atoms in total. The molecule has 1 fully saturated rings. The molecule has 1 aliphatic rings. The zero-order valence-corrected chi connectivity index (χ0v) is 11.8. The van der Waals surface area contributed by atoms with Gasteiger partial charge < -0.3 is 5.11 Å². The summed E-state index contributed by atoms with van der Waals surface area (Å²) in [4.78, 5) is 22.9. The third kappa shape index (κ3) is 3.04. The van der Waals surface area contributed by atoms with E-state index in [4.69, 9.17) is 0 Å². The van der Waals surface area contributed by atoms with Gasteiger partial charge in [0.25, 0.3) is 5.91 Å². The number of carbonyl (C=O) groups excluding carboxylic acids is 2. The number of piperidine rings is 1. The van der Waals surface area contributed by atoms with Crippen LogP contribution in [-0.2, 0) is 16.0 Å². The van der Waals surface area contributed by atoms with Crippen molar-refractivity contribution in [3.05, 3.63) is 47.8 Å². The second-order valence-corrected chi connectivity index (χ2v) is 5.29. The molecular formula is C15H16N4O3. The maximum atomic E-state index is 11.8. The van der Waals surface area contributed by atoms with Crippen molar-refractivity contribution in [3.8, 4) is 0 Å². The van der Waals surface area contributed by atoms with Gasteiger partial charge in [-0.2, -0.15) is 0 Å². The third-order valence-corrected chi connectivity index (χ3v) is 3.67. The normalized spacial score (nSPS) is 19.8. The Morgan fingerprint density at radius 1 is 1.32 bits per heavy atom. The van der Waals surface area contributed by atoms with Crippen LogP contribution >= 0.6 is 0 Å². The first kappa shape index (κ1) is 14.4. The lowest BCUT2D eigenvalue weighted by Crippen LogP contribution is -2.41.